The van der Waals surface area contributed by atoms with Crippen LogP contribution in [0.15, 0.2) is 52.0 Å². The number of para-hydroxylation sites is 1. The topological polar surface area (TPSA) is 90.6 Å². The molecule has 2 amide bonds. The maximum atomic E-state index is 12.8. The Bertz CT molecular complexity index is 1130. The fourth-order valence-electron chi connectivity index (χ4n) is 3.47. The number of hydrogen-bond donors (Lipinski definition) is 2. The third kappa shape index (κ3) is 4.61. The van der Waals surface area contributed by atoms with Crippen molar-refractivity contribution in [2.24, 2.45) is 4.36 Å². The van der Waals surface area contributed by atoms with Gasteiger partial charge in [-0.1, -0.05) is 43.6 Å². The van der Waals surface area contributed by atoms with E-state index < -0.39 is 6.03 Å². The molecule has 9 heteroatoms. The summed E-state index contributed by atoms with van der Waals surface area (Å²) in [6.07, 6.45) is 4.32. The fourth-order valence-corrected chi connectivity index (χ4v) is 4.09. The Labute approximate surface area is 184 Å². The van der Waals surface area contributed by atoms with E-state index in [2.05, 4.69) is 33.6 Å². The quantitative estimate of drug-likeness (QED) is 0.573. The summed E-state index contributed by atoms with van der Waals surface area (Å²) in [5.41, 5.74) is 3.56. The average molecular weight is 440 g/mol. The molecular weight excluding hydrogens is 414 g/mol. The Morgan fingerprint density at radius 3 is 3.03 bits per heavy atom. The summed E-state index contributed by atoms with van der Waals surface area (Å²) in [4.78, 5) is 17.7. The molecule has 0 fully saturated rings. The van der Waals surface area contributed by atoms with Crippen molar-refractivity contribution in [2.75, 3.05) is 19.0 Å². The van der Waals surface area contributed by atoms with Crippen LogP contribution in [0.3, 0.4) is 0 Å². The number of rotatable bonds is 5. The van der Waals surface area contributed by atoms with E-state index in [0.29, 0.717) is 29.9 Å². The van der Waals surface area contributed by atoms with Crippen LogP contribution >= 0.6 is 0 Å². The molecular formula is C22H25N5O3S. The largest absolute Gasteiger partial charge is 0.481 e. The molecule has 0 spiro atoms. The number of methoxy groups -OCH3 is 1. The molecule has 0 aliphatic carbocycles. The van der Waals surface area contributed by atoms with Gasteiger partial charge in [0.15, 0.2) is 0 Å². The number of aromatic nitrogens is 3. The standard InChI is InChI=1S/C22H25N5O3S/c1-14(2)16-6-4-7-17(15-8-9-23-19(12-15)29-3)20(16)25-22(28)26-31-18-13-24-27-10-5-11-30-21(18)27/h4,6-9,12-14,31H,5,10-11H2,1-3H3,(H,25,28). The van der Waals surface area contributed by atoms with Crippen LogP contribution in [0.5, 0.6) is 11.8 Å². The van der Waals surface area contributed by atoms with Gasteiger partial charge in [0.25, 0.3) is 0 Å². The maximum Gasteiger partial charge on any atom is 0.351 e. The SMILES string of the molecule is COc1cc(-c2cccc(C(C)C)c2NC(=O)N=[SH]c2cnn3c2OCCC3)ccn1. The maximum absolute atomic E-state index is 12.8. The minimum atomic E-state index is -0.423. The van der Waals surface area contributed by atoms with Gasteiger partial charge in [0.2, 0.25) is 11.8 Å². The Kier molecular flexibility index (Phi) is 6.31. The summed E-state index contributed by atoms with van der Waals surface area (Å²) in [6.45, 7) is 5.65. The Balaban J connectivity index is 1.63. The normalized spacial score (nSPS) is 13.4. The molecule has 3 aromatic rings. The van der Waals surface area contributed by atoms with E-state index in [1.165, 1.54) is 0 Å². The van der Waals surface area contributed by atoms with E-state index in [4.69, 9.17) is 9.47 Å². The molecule has 3 heterocycles. The summed E-state index contributed by atoms with van der Waals surface area (Å²) < 4.78 is 16.9. The lowest BCUT2D eigenvalue weighted by Gasteiger charge is -2.17. The van der Waals surface area contributed by atoms with Gasteiger partial charge in [0, 0.05) is 30.8 Å². The minimum absolute atomic E-state index is 0.215. The van der Waals surface area contributed by atoms with Crippen LogP contribution in [0, 0.1) is 0 Å². The predicted molar refractivity (Wildman–Crippen MR) is 121 cm³/mol. The summed E-state index contributed by atoms with van der Waals surface area (Å²) in [5, 5.41) is 7.30. The highest BCUT2D eigenvalue weighted by Crippen LogP contribution is 2.35. The van der Waals surface area contributed by atoms with Crippen LogP contribution in [0.25, 0.3) is 11.1 Å². The molecule has 1 aliphatic rings. The van der Waals surface area contributed by atoms with E-state index >= 15 is 0 Å². The fraction of sp³-hybridized carbons (Fsp3) is 0.318. The summed E-state index contributed by atoms with van der Waals surface area (Å²) in [6, 6.07) is 9.29. The van der Waals surface area contributed by atoms with Gasteiger partial charge in [-0.15, -0.1) is 0 Å². The number of urea groups is 1. The highest BCUT2D eigenvalue weighted by Gasteiger charge is 2.17. The summed E-state index contributed by atoms with van der Waals surface area (Å²) >= 11 is 0.496. The number of hydrogen-bond acceptors (Lipinski definition) is 5. The molecule has 31 heavy (non-hydrogen) atoms. The van der Waals surface area contributed by atoms with Gasteiger partial charge in [0.1, 0.15) is 0 Å². The molecule has 8 nitrogen and oxygen atoms in total. The molecule has 2 aromatic heterocycles. The molecule has 0 radical (unpaired) electrons. The molecule has 0 saturated heterocycles. The van der Waals surface area contributed by atoms with Crippen LogP contribution in [-0.2, 0) is 18.1 Å². The molecule has 0 bridgehead atoms. The molecule has 1 aromatic carbocycles. The van der Waals surface area contributed by atoms with Gasteiger partial charge in [-0.3, -0.25) is 0 Å². The molecule has 162 valence electrons. The van der Waals surface area contributed by atoms with Gasteiger partial charge < -0.3 is 14.8 Å². The van der Waals surface area contributed by atoms with Crippen molar-refractivity contribution >= 4 is 23.3 Å². The molecule has 0 atom stereocenters. The van der Waals surface area contributed by atoms with Crippen molar-refractivity contribution < 1.29 is 14.3 Å². The van der Waals surface area contributed by atoms with Gasteiger partial charge in [0.05, 0.1) is 30.5 Å². The third-order valence-corrected chi connectivity index (χ3v) is 5.78. The van der Waals surface area contributed by atoms with Crippen molar-refractivity contribution in [3.63, 3.8) is 0 Å². The predicted octanol–water partition coefficient (Wildman–Crippen LogP) is 4.45. The number of anilines is 1. The average Bonchev–Trinajstić information content (AvgIpc) is 3.21. The van der Waals surface area contributed by atoms with E-state index in [0.717, 1.165) is 40.2 Å². The number of fused-ring (bicyclic) bond motifs is 1. The van der Waals surface area contributed by atoms with Crippen LogP contribution in [0.4, 0.5) is 10.5 Å². The second-order valence-corrected chi connectivity index (χ2v) is 8.28. The Morgan fingerprint density at radius 1 is 1.35 bits per heavy atom. The van der Waals surface area contributed by atoms with Gasteiger partial charge >= 0.3 is 6.03 Å². The molecule has 4 rings (SSSR count). The first-order valence-corrected chi connectivity index (χ1v) is 11.0. The lowest BCUT2D eigenvalue weighted by atomic mass is 9.94. The number of carbonyl (C=O) groups excluding carboxylic acids is 1. The van der Waals surface area contributed by atoms with E-state index in [-0.39, 0.29) is 5.92 Å². The number of aryl methyl sites for hydroxylation is 1. The second-order valence-electron chi connectivity index (χ2n) is 7.40. The van der Waals surface area contributed by atoms with Gasteiger partial charge in [-0.05, 0) is 23.1 Å². The third-order valence-electron chi connectivity index (χ3n) is 4.98. The molecule has 0 saturated carbocycles. The molecule has 0 unspecified atom stereocenters. The number of ether oxygens (including phenoxy) is 2. The number of thiol groups is 1. The first-order valence-electron chi connectivity index (χ1n) is 10.1. The van der Waals surface area contributed by atoms with Crippen molar-refractivity contribution in [2.45, 2.75) is 37.6 Å². The lowest BCUT2D eigenvalue weighted by molar-refractivity contribution is 0.225. The van der Waals surface area contributed by atoms with E-state index in [1.54, 1.807) is 19.5 Å². The smallest absolute Gasteiger partial charge is 0.351 e. The summed E-state index contributed by atoms with van der Waals surface area (Å²) in [5.74, 6) is 1.42. The van der Waals surface area contributed by atoms with Gasteiger partial charge in [-0.25, -0.2) is 14.5 Å². The van der Waals surface area contributed by atoms with E-state index in [9.17, 15) is 4.79 Å². The first-order chi connectivity index (χ1) is 15.1. The minimum Gasteiger partial charge on any atom is -0.481 e. The number of nitrogens with zero attached hydrogens (tertiary/aromatic N) is 4. The van der Waals surface area contributed by atoms with Crippen LogP contribution < -0.4 is 14.8 Å². The van der Waals surface area contributed by atoms with Crippen molar-refractivity contribution in [3.05, 3.63) is 48.3 Å². The lowest BCUT2D eigenvalue weighted by Crippen LogP contribution is -2.15. The van der Waals surface area contributed by atoms with Crippen LogP contribution in [0.2, 0.25) is 0 Å². The van der Waals surface area contributed by atoms with E-state index in [1.807, 2.05) is 35.0 Å². The van der Waals surface area contributed by atoms with Crippen molar-refractivity contribution in [1.29, 1.82) is 0 Å². The van der Waals surface area contributed by atoms with Crippen LogP contribution in [-0.4, -0.2) is 34.5 Å². The zero-order valence-corrected chi connectivity index (χ0v) is 18.6. The number of amides is 2. The Hall–Kier alpha value is -3.20. The second kappa shape index (κ2) is 9.30. The zero-order chi connectivity index (χ0) is 21.8. The first kappa shape index (κ1) is 21.0. The van der Waals surface area contributed by atoms with Crippen molar-refractivity contribution in [3.8, 4) is 22.9 Å². The number of nitrogens with one attached hydrogen (secondary N) is 1. The Morgan fingerprint density at radius 2 is 2.23 bits per heavy atom. The van der Waals surface area contributed by atoms with Gasteiger partial charge in [-0.2, -0.15) is 9.46 Å². The molecule has 1 aliphatic heterocycles. The van der Waals surface area contributed by atoms with Crippen LogP contribution in [0.1, 0.15) is 31.7 Å². The highest BCUT2D eigenvalue weighted by molar-refractivity contribution is 7.68. The number of carbonyl (C=O) groups is 1. The molecule has 1 N–H and O–H groups in total. The monoisotopic (exact) mass is 439 g/mol. The number of pyridine rings is 1. The zero-order valence-electron chi connectivity index (χ0n) is 17.7. The summed E-state index contributed by atoms with van der Waals surface area (Å²) in [7, 11) is 1.58. The number of benzene rings is 1. The highest BCUT2D eigenvalue weighted by atomic mass is 32.1. The van der Waals surface area contributed by atoms with Crippen molar-refractivity contribution in [1.82, 2.24) is 14.8 Å².